The van der Waals surface area contributed by atoms with E-state index in [9.17, 15) is 14.8 Å². The summed E-state index contributed by atoms with van der Waals surface area (Å²) in [6, 6.07) is 17.5. The fourth-order valence-electron chi connectivity index (χ4n) is 4.02. The zero-order valence-corrected chi connectivity index (χ0v) is 19.7. The van der Waals surface area contributed by atoms with Crippen LogP contribution in [0, 0.1) is 5.21 Å². The molecule has 0 bridgehead atoms. The molecule has 10 heteroatoms. The summed E-state index contributed by atoms with van der Waals surface area (Å²) >= 11 is 0. The summed E-state index contributed by atoms with van der Waals surface area (Å²) in [4.78, 5) is 25.4. The number of ether oxygens (including phenoxy) is 3. The first-order valence-electron chi connectivity index (χ1n) is 11.0. The summed E-state index contributed by atoms with van der Waals surface area (Å²) in [6.45, 7) is 0.190. The van der Waals surface area contributed by atoms with Crippen LogP contribution in [-0.4, -0.2) is 19.4 Å². The van der Waals surface area contributed by atoms with Crippen LogP contribution >= 0.6 is 0 Å². The van der Waals surface area contributed by atoms with Crippen LogP contribution < -0.4 is 30.7 Å². The van der Waals surface area contributed by atoms with Gasteiger partial charge in [0.15, 0.2) is 11.3 Å². The number of anilines is 1. The Labute approximate surface area is 209 Å². The number of rotatable bonds is 7. The molecule has 10 nitrogen and oxygen atoms in total. The largest absolute Gasteiger partial charge is 0.733 e. The van der Waals surface area contributed by atoms with Crippen LogP contribution in [0.1, 0.15) is 5.56 Å². The molecule has 0 spiro atoms. The van der Waals surface area contributed by atoms with Crippen LogP contribution in [0.2, 0.25) is 0 Å². The van der Waals surface area contributed by atoms with E-state index < -0.39 is 11.3 Å². The Morgan fingerprint density at radius 1 is 0.892 bits per heavy atom. The van der Waals surface area contributed by atoms with E-state index in [-0.39, 0.29) is 34.4 Å². The summed E-state index contributed by atoms with van der Waals surface area (Å²) in [5.41, 5.74) is 0.546. The van der Waals surface area contributed by atoms with Gasteiger partial charge in [-0.3, -0.25) is 5.21 Å². The van der Waals surface area contributed by atoms with Crippen LogP contribution in [0.3, 0.4) is 0 Å². The van der Waals surface area contributed by atoms with E-state index in [2.05, 4.69) is 0 Å². The molecule has 1 N–H and O–H groups in total. The van der Waals surface area contributed by atoms with E-state index in [1.807, 2.05) is 0 Å². The normalized spacial score (nSPS) is 11.0. The van der Waals surface area contributed by atoms with Gasteiger partial charge < -0.3 is 33.5 Å². The number of nitrogens with zero attached hydrogens (tertiary/aromatic N) is 1. The third-order valence-corrected chi connectivity index (χ3v) is 5.82. The first kappa shape index (κ1) is 23.9. The molecule has 0 amide bonds. The van der Waals surface area contributed by atoms with Crippen molar-refractivity contribution in [1.82, 2.24) is 0 Å². The first-order chi connectivity index (χ1) is 17.9. The number of hydrogen-bond acceptors (Lipinski definition) is 10. The highest BCUT2D eigenvalue weighted by Crippen LogP contribution is 2.38. The molecular weight excluding hydrogens is 482 g/mol. The van der Waals surface area contributed by atoms with E-state index in [1.165, 1.54) is 32.4 Å². The molecule has 0 aliphatic heterocycles. The average Bonchev–Trinajstić information content (AvgIpc) is 2.90. The van der Waals surface area contributed by atoms with Crippen LogP contribution in [0.15, 0.2) is 85.2 Å². The summed E-state index contributed by atoms with van der Waals surface area (Å²) in [6.07, 6.45) is 0. The van der Waals surface area contributed by atoms with Crippen molar-refractivity contribution in [3.8, 4) is 28.4 Å². The van der Waals surface area contributed by atoms with Crippen molar-refractivity contribution in [3.05, 3.63) is 98.3 Å². The van der Waals surface area contributed by atoms with Gasteiger partial charge in [-0.15, -0.1) is 0 Å². The molecule has 3 aromatic carbocycles. The second-order valence-corrected chi connectivity index (χ2v) is 8.03. The van der Waals surface area contributed by atoms with E-state index in [4.69, 9.17) is 28.3 Å². The number of methoxy groups -OCH3 is 2. The Morgan fingerprint density at radius 3 is 2.38 bits per heavy atom. The molecule has 0 unspecified atom stereocenters. The third-order valence-electron chi connectivity index (χ3n) is 5.82. The minimum absolute atomic E-state index is 0.105. The fourth-order valence-corrected chi connectivity index (χ4v) is 4.02. The van der Waals surface area contributed by atoms with E-state index in [1.54, 1.807) is 48.5 Å². The third kappa shape index (κ3) is 4.58. The van der Waals surface area contributed by atoms with Crippen molar-refractivity contribution >= 4 is 27.6 Å². The highest BCUT2D eigenvalue weighted by atomic mass is 16.8. The maximum Gasteiger partial charge on any atom is 0.344 e. The predicted octanol–water partition coefficient (Wildman–Crippen LogP) is 4.86. The molecule has 0 aliphatic rings. The second-order valence-electron chi connectivity index (χ2n) is 8.03. The number of fused-ring (bicyclic) bond motifs is 2. The van der Waals surface area contributed by atoms with Gasteiger partial charge in [0.05, 0.1) is 25.5 Å². The van der Waals surface area contributed by atoms with Gasteiger partial charge in [-0.2, -0.15) is 0 Å². The number of benzene rings is 3. The van der Waals surface area contributed by atoms with E-state index >= 15 is 0 Å². The standard InChI is InChI=1S/C27H20NO9/c1-33-22-10-9-19-20(13-24(29)37-25(19)26(22)34-2)21-11-16-5-8-18(12-23(16)36-27(21)30)35-14-15-3-6-17(7-4-15)28(31)32/h3-13,31H,14H2,1-2H3/q-1. The topological polar surface area (TPSA) is 135 Å². The minimum atomic E-state index is -0.660. The van der Waals surface area contributed by atoms with Crippen LogP contribution in [0.5, 0.6) is 17.2 Å². The Morgan fingerprint density at radius 2 is 1.68 bits per heavy atom. The van der Waals surface area contributed by atoms with E-state index in [0.29, 0.717) is 33.4 Å². The smallest absolute Gasteiger partial charge is 0.344 e. The van der Waals surface area contributed by atoms with E-state index in [0.717, 1.165) is 5.56 Å². The van der Waals surface area contributed by atoms with Gasteiger partial charge in [0.2, 0.25) is 5.75 Å². The van der Waals surface area contributed by atoms with Gasteiger partial charge in [-0.05, 0) is 48.0 Å². The van der Waals surface area contributed by atoms with Crippen LogP contribution in [0.4, 0.5) is 5.69 Å². The molecule has 0 atom stereocenters. The molecule has 0 saturated heterocycles. The van der Waals surface area contributed by atoms with Crippen molar-refractivity contribution < 1.29 is 28.3 Å². The first-order valence-corrected chi connectivity index (χ1v) is 11.0. The quantitative estimate of drug-likeness (QED) is 0.243. The summed E-state index contributed by atoms with van der Waals surface area (Å²) in [5, 5.41) is 20.7. The SMILES string of the molecule is COc1ccc2c(-c3cc4ccc(OCc5ccc(N([O-])O)cc5)cc4oc3=O)cc(=O)oc2c1OC. The monoisotopic (exact) mass is 502 g/mol. The van der Waals surface area contributed by atoms with Gasteiger partial charge in [-0.25, -0.2) is 9.59 Å². The molecule has 0 fully saturated rings. The molecule has 0 aliphatic carbocycles. The predicted molar refractivity (Wildman–Crippen MR) is 135 cm³/mol. The lowest BCUT2D eigenvalue weighted by Crippen LogP contribution is -2.07. The summed E-state index contributed by atoms with van der Waals surface area (Å²) in [7, 11) is 2.90. The van der Waals surface area contributed by atoms with Gasteiger partial charge in [-0.1, -0.05) is 12.1 Å². The highest BCUT2D eigenvalue weighted by molar-refractivity contribution is 5.98. The lowest BCUT2D eigenvalue weighted by atomic mass is 10.0. The maximum absolute atomic E-state index is 13.0. The summed E-state index contributed by atoms with van der Waals surface area (Å²) in [5.74, 6) is 1.08. The Balaban J connectivity index is 1.50. The molecule has 188 valence electrons. The lowest BCUT2D eigenvalue weighted by molar-refractivity contribution is 0.295. The Kier molecular flexibility index (Phi) is 6.26. The zero-order chi connectivity index (χ0) is 26.1. The molecule has 0 saturated carbocycles. The Hall–Kier alpha value is -4.80. The number of hydrogen-bond donors (Lipinski definition) is 1. The van der Waals surface area contributed by atoms with Crippen molar-refractivity contribution in [2.75, 3.05) is 19.4 Å². The molecule has 37 heavy (non-hydrogen) atoms. The molecule has 5 rings (SSSR count). The second kappa shape index (κ2) is 9.69. The molecular formula is C27H20NO9-. The highest BCUT2D eigenvalue weighted by Gasteiger charge is 2.19. The molecule has 2 heterocycles. The zero-order valence-electron chi connectivity index (χ0n) is 19.7. The van der Waals surface area contributed by atoms with Gasteiger partial charge >= 0.3 is 11.3 Å². The average molecular weight is 502 g/mol. The van der Waals surface area contributed by atoms with Crippen LogP contribution in [-0.2, 0) is 6.61 Å². The molecule has 0 radical (unpaired) electrons. The summed E-state index contributed by atoms with van der Waals surface area (Å²) < 4.78 is 27.4. The van der Waals surface area contributed by atoms with Gasteiger partial charge in [0.25, 0.3) is 0 Å². The van der Waals surface area contributed by atoms with Crippen molar-refractivity contribution in [1.29, 1.82) is 0 Å². The Bertz CT molecular complexity index is 1720. The van der Waals surface area contributed by atoms with Crippen molar-refractivity contribution in [2.45, 2.75) is 6.61 Å². The molecule has 5 aromatic rings. The van der Waals surface area contributed by atoms with Crippen LogP contribution in [0.25, 0.3) is 33.1 Å². The maximum atomic E-state index is 13.0. The van der Waals surface area contributed by atoms with Crippen molar-refractivity contribution in [2.24, 2.45) is 0 Å². The lowest BCUT2D eigenvalue weighted by Gasteiger charge is -2.21. The molecule has 2 aromatic heterocycles. The fraction of sp³-hybridized carbons (Fsp3) is 0.111. The van der Waals surface area contributed by atoms with Gasteiger partial charge in [0.1, 0.15) is 17.9 Å². The minimum Gasteiger partial charge on any atom is -0.733 e. The van der Waals surface area contributed by atoms with Gasteiger partial charge in [0, 0.05) is 28.5 Å². The van der Waals surface area contributed by atoms with Crippen molar-refractivity contribution in [3.63, 3.8) is 0 Å².